The van der Waals surface area contributed by atoms with Gasteiger partial charge in [0.05, 0.1) is 4.32 Å². The van der Waals surface area contributed by atoms with E-state index >= 15 is 0 Å². The Bertz CT molecular complexity index is 477. The molecule has 1 aliphatic rings. The fraction of sp³-hybridized carbons (Fsp3) is 0.200. The third-order valence-corrected chi connectivity index (χ3v) is 4.68. The summed E-state index contributed by atoms with van der Waals surface area (Å²) in [6.07, 6.45) is 1.20. The molecule has 0 amide bonds. The zero-order valence-electron chi connectivity index (χ0n) is 8.94. The molecule has 0 aliphatic heterocycles. The number of alkyl halides is 1. The van der Waals surface area contributed by atoms with E-state index in [1.807, 2.05) is 0 Å². The minimum atomic E-state index is 0.176. The molecule has 1 fully saturated rings. The molecule has 1 aliphatic carbocycles. The second-order valence-electron chi connectivity index (χ2n) is 4.40. The second kappa shape index (κ2) is 3.74. The van der Waals surface area contributed by atoms with Crippen LogP contribution in [0.4, 0.5) is 0 Å². The Morgan fingerprint density at radius 1 is 0.875 bits per heavy atom. The molecule has 0 bridgehead atoms. The molecule has 0 heterocycles. The van der Waals surface area contributed by atoms with Crippen molar-refractivity contribution in [2.24, 2.45) is 0 Å². The van der Waals surface area contributed by atoms with Crippen LogP contribution >= 0.6 is 15.9 Å². The van der Waals surface area contributed by atoms with Crippen molar-refractivity contribution in [1.82, 2.24) is 0 Å². The number of hydrogen-bond acceptors (Lipinski definition) is 0. The lowest BCUT2D eigenvalue weighted by Gasteiger charge is -2.09. The average molecular weight is 273 g/mol. The minimum Gasteiger partial charge on any atom is -0.0794 e. The molecule has 3 rings (SSSR count). The molecule has 0 nitrogen and oxygen atoms in total. The molecule has 0 radical (unpaired) electrons. The van der Waals surface area contributed by atoms with Crippen molar-refractivity contribution in [3.05, 3.63) is 71.8 Å². The van der Waals surface area contributed by atoms with Gasteiger partial charge in [0.25, 0.3) is 0 Å². The molecule has 0 spiro atoms. The predicted molar refractivity (Wildman–Crippen MR) is 70.8 cm³/mol. The third-order valence-electron chi connectivity index (χ3n) is 3.35. The van der Waals surface area contributed by atoms with E-state index in [1.165, 1.54) is 17.5 Å². The van der Waals surface area contributed by atoms with Crippen LogP contribution in [0.25, 0.3) is 0 Å². The van der Waals surface area contributed by atoms with Gasteiger partial charge in [-0.25, -0.2) is 0 Å². The number of halogens is 1. The summed E-state index contributed by atoms with van der Waals surface area (Å²) in [5.41, 5.74) is 2.83. The van der Waals surface area contributed by atoms with Gasteiger partial charge < -0.3 is 0 Å². The lowest BCUT2D eigenvalue weighted by Crippen LogP contribution is -1.98. The largest absolute Gasteiger partial charge is 0.0794 e. The molecular weight excluding hydrogens is 260 g/mol. The van der Waals surface area contributed by atoms with Crippen LogP contribution in [0.2, 0.25) is 0 Å². The van der Waals surface area contributed by atoms with Crippen LogP contribution in [-0.4, -0.2) is 0 Å². The summed E-state index contributed by atoms with van der Waals surface area (Å²) < 4.78 is 0.176. The summed E-state index contributed by atoms with van der Waals surface area (Å²) in [6, 6.07) is 21.4. The fourth-order valence-corrected chi connectivity index (χ4v) is 3.19. The molecule has 0 aromatic heterocycles. The van der Waals surface area contributed by atoms with Crippen LogP contribution in [0.1, 0.15) is 23.5 Å². The molecule has 16 heavy (non-hydrogen) atoms. The van der Waals surface area contributed by atoms with Crippen molar-refractivity contribution < 1.29 is 0 Å². The Morgan fingerprint density at radius 2 is 1.44 bits per heavy atom. The average Bonchev–Trinajstić information content (AvgIpc) is 3.06. The zero-order valence-corrected chi connectivity index (χ0v) is 10.5. The first kappa shape index (κ1) is 10.1. The lowest BCUT2D eigenvalue weighted by molar-refractivity contribution is 0.976. The first-order valence-electron chi connectivity index (χ1n) is 5.60. The van der Waals surface area contributed by atoms with E-state index in [1.54, 1.807) is 0 Å². The molecule has 2 aromatic rings. The molecular formula is C15H13Br. The summed E-state index contributed by atoms with van der Waals surface area (Å²) >= 11 is 3.90. The van der Waals surface area contributed by atoms with Crippen LogP contribution < -0.4 is 0 Å². The van der Waals surface area contributed by atoms with Crippen molar-refractivity contribution in [2.75, 3.05) is 0 Å². The molecule has 80 valence electrons. The molecule has 1 saturated carbocycles. The standard InChI is InChI=1S/C15H13Br/c16-15(13-9-5-2-6-10-13)11-14(15)12-7-3-1-4-8-12/h1-10,14H,11H2/t14-,15+/m1/s1. The van der Waals surface area contributed by atoms with Crippen LogP contribution in [0.5, 0.6) is 0 Å². The highest BCUT2D eigenvalue weighted by Gasteiger charge is 2.53. The van der Waals surface area contributed by atoms with Gasteiger partial charge in [0.2, 0.25) is 0 Å². The summed E-state index contributed by atoms with van der Waals surface area (Å²) in [5.74, 6) is 0.621. The quantitative estimate of drug-likeness (QED) is 0.708. The van der Waals surface area contributed by atoms with Gasteiger partial charge in [-0.2, -0.15) is 0 Å². The Hall–Kier alpha value is -1.08. The summed E-state index contributed by atoms with van der Waals surface area (Å²) in [6.45, 7) is 0. The van der Waals surface area contributed by atoms with E-state index in [4.69, 9.17) is 0 Å². The van der Waals surface area contributed by atoms with Crippen molar-refractivity contribution in [2.45, 2.75) is 16.7 Å². The van der Waals surface area contributed by atoms with E-state index in [9.17, 15) is 0 Å². The van der Waals surface area contributed by atoms with Crippen LogP contribution in [0.15, 0.2) is 60.7 Å². The van der Waals surface area contributed by atoms with E-state index in [-0.39, 0.29) is 4.32 Å². The van der Waals surface area contributed by atoms with Gasteiger partial charge in [-0.1, -0.05) is 76.6 Å². The smallest absolute Gasteiger partial charge is 0.0581 e. The summed E-state index contributed by atoms with van der Waals surface area (Å²) in [5, 5.41) is 0. The van der Waals surface area contributed by atoms with Gasteiger partial charge in [0.1, 0.15) is 0 Å². The fourth-order valence-electron chi connectivity index (χ4n) is 2.34. The first-order valence-corrected chi connectivity index (χ1v) is 6.39. The second-order valence-corrected chi connectivity index (χ2v) is 5.81. The van der Waals surface area contributed by atoms with Gasteiger partial charge in [0.15, 0.2) is 0 Å². The van der Waals surface area contributed by atoms with Crippen molar-refractivity contribution >= 4 is 15.9 Å². The maximum Gasteiger partial charge on any atom is 0.0581 e. The summed E-state index contributed by atoms with van der Waals surface area (Å²) in [4.78, 5) is 0. The van der Waals surface area contributed by atoms with Gasteiger partial charge in [0, 0.05) is 5.92 Å². The maximum absolute atomic E-state index is 3.90. The molecule has 2 aromatic carbocycles. The highest BCUT2D eigenvalue weighted by Crippen LogP contribution is 2.64. The van der Waals surface area contributed by atoms with E-state index < -0.39 is 0 Å². The van der Waals surface area contributed by atoms with E-state index in [0.717, 1.165) is 0 Å². The van der Waals surface area contributed by atoms with E-state index in [0.29, 0.717) is 5.92 Å². The van der Waals surface area contributed by atoms with Crippen molar-refractivity contribution in [3.63, 3.8) is 0 Å². The Morgan fingerprint density at radius 3 is 2.06 bits per heavy atom. The molecule has 1 heteroatoms. The Balaban J connectivity index is 1.90. The van der Waals surface area contributed by atoms with Crippen LogP contribution in [0, 0.1) is 0 Å². The summed E-state index contributed by atoms with van der Waals surface area (Å²) in [7, 11) is 0. The highest BCUT2D eigenvalue weighted by molar-refractivity contribution is 9.09. The Kier molecular flexibility index (Phi) is 2.36. The molecule has 0 N–H and O–H groups in total. The minimum absolute atomic E-state index is 0.176. The van der Waals surface area contributed by atoms with E-state index in [2.05, 4.69) is 76.6 Å². The number of hydrogen-bond donors (Lipinski definition) is 0. The normalized spacial score (nSPS) is 27.7. The van der Waals surface area contributed by atoms with Crippen molar-refractivity contribution in [1.29, 1.82) is 0 Å². The molecule has 0 saturated heterocycles. The lowest BCUT2D eigenvalue weighted by atomic mass is 10.0. The third kappa shape index (κ3) is 1.60. The van der Waals surface area contributed by atoms with Gasteiger partial charge in [-0.3, -0.25) is 0 Å². The maximum atomic E-state index is 3.90. The first-order chi connectivity index (χ1) is 7.81. The van der Waals surface area contributed by atoms with Gasteiger partial charge in [-0.05, 0) is 17.5 Å². The van der Waals surface area contributed by atoms with Crippen LogP contribution in [-0.2, 0) is 4.32 Å². The van der Waals surface area contributed by atoms with Gasteiger partial charge >= 0.3 is 0 Å². The topological polar surface area (TPSA) is 0 Å². The monoisotopic (exact) mass is 272 g/mol. The predicted octanol–water partition coefficient (Wildman–Crippen LogP) is 4.46. The molecule has 2 atom stereocenters. The zero-order chi connectivity index (χ0) is 11.0. The Labute approximate surface area is 104 Å². The van der Waals surface area contributed by atoms with Gasteiger partial charge in [-0.15, -0.1) is 0 Å². The molecule has 0 unspecified atom stereocenters. The SMILES string of the molecule is Br[C@]1(c2ccccc2)C[C@@H]1c1ccccc1. The van der Waals surface area contributed by atoms with Crippen LogP contribution in [0.3, 0.4) is 0 Å². The highest BCUT2D eigenvalue weighted by atomic mass is 79.9. The number of benzene rings is 2. The number of rotatable bonds is 2. The van der Waals surface area contributed by atoms with Crippen molar-refractivity contribution in [3.8, 4) is 0 Å².